The fraction of sp³-hybridized carbons (Fsp3) is 0.500. The number of aromatic hydroxyl groups is 1. The summed E-state index contributed by atoms with van der Waals surface area (Å²) in [4.78, 5) is 0. The van der Waals surface area contributed by atoms with Crippen LogP contribution in [0.4, 0.5) is 0 Å². The third kappa shape index (κ3) is 2.86. The summed E-state index contributed by atoms with van der Waals surface area (Å²) in [5.41, 5.74) is 0.998. The van der Waals surface area contributed by atoms with Gasteiger partial charge in [-0.2, -0.15) is 0 Å². The van der Waals surface area contributed by atoms with E-state index in [0.29, 0.717) is 12.4 Å². The summed E-state index contributed by atoms with van der Waals surface area (Å²) < 4.78 is 11.0. The van der Waals surface area contributed by atoms with Crippen molar-refractivity contribution >= 4 is 0 Å². The second kappa shape index (κ2) is 4.53. The molecule has 1 heterocycles. The zero-order valence-corrected chi connectivity index (χ0v) is 8.90. The zero-order valence-electron chi connectivity index (χ0n) is 8.90. The largest absolute Gasteiger partial charge is 0.508 e. The molecule has 1 aliphatic rings. The van der Waals surface area contributed by atoms with Crippen molar-refractivity contribution in [3.8, 4) is 11.5 Å². The fourth-order valence-corrected chi connectivity index (χ4v) is 1.78. The first-order chi connectivity index (χ1) is 7.24. The van der Waals surface area contributed by atoms with Gasteiger partial charge in [-0.3, -0.25) is 0 Å². The van der Waals surface area contributed by atoms with Gasteiger partial charge in [0.05, 0.1) is 6.10 Å². The van der Waals surface area contributed by atoms with Gasteiger partial charge in [-0.25, -0.2) is 0 Å². The first kappa shape index (κ1) is 10.3. The molecule has 1 unspecified atom stereocenters. The van der Waals surface area contributed by atoms with Crippen LogP contribution < -0.4 is 4.74 Å². The molecule has 0 radical (unpaired) electrons. The summed E-state index contributed by atoms with van der Waals surface area (Å²) in [6.07, 6.45) is 2.40. The van der Waals surface area contributed by atoms with Crippen LogP contribution in [0.3, 0.4) is 0 Å². The molecule has 0 bridgehead atoms. The summed E-state index contributed by atoms with van der Waals surface area (Å²) in [5, 5.41) is 9.37. The van der Waals surface area contributed by atoms with Crippen molar-refractivity contribution in [1.29, 1.82) is 0 Å². The molecule has 1 atom stereocenters. The number of ether oxygens (including phenoxy) is 2. The van der Waals surface area contributed by atoms with Gasteiger partial charge in [0.15, 0.2) is 0 Å². The lowest BCUT2D eigenvalue weighted by Gasteiger charge is -2.12. The quantitative estimate of drug-likeness (QED) is 0.828. The zero-order chi connectivity index (χ0) is 10.7. The van der Waals surface area contributed by atoms with Crippen LogP contribution in [-0.4, -0.2) is 24.4 Å². The minimum atomic E-state index is 0.215. The molecule has 0 spiro atoms. The molecule has 0 amide bonds. The Hall–Kier alpha value is -1.22. The average Bonchev–Trinajstić information content (AvgIpc) is 2.65. The van der Waals surface area contributed by atoms with E-state index in [0.717, 1.165) is 25.0 Å². The second-order valence-electron chi connectivity index (χ2n) is 3.95. The maximum Gasteiger partial charge on any atom is 0.123 e. The maximum absolute atomic E-state index is 9.37. The Balaban J connectivity index is 1.92. The molecule has 1 fully saturated rings. The number of phenolic OH excluding ortho intramolecular Hbond substituents is 1. The van der Waals surface area contributed by atoms with Crippen molar-refractivity contribution in [2.24, 2.45) is 0 Å². The molecule has 0 aliphatic carbocycles. The van der Waals surface area contributed by atoms with E-state index in [-0.39, 0.29) is 11.9 Å². The van der Waals surface area contributed by atoms with Crippen molar-refractivity contribution in [1.82, 2.24) is 0 Å². The van der Waals surface area contributed by atoms with Crippen molar-refractivity contribution in [3.63, 3.8) is 0 Å². The Morgan fingerprint density at radius 2 is 2.33 bits per heavy atom. The molecule has 1 N–H and O–H groups in total. The molecular formula is C12H16O3. The van der Waals surface area contributed by atoms with E-state index in [9.17, 15) is 5.11 Å². The molecule has 0 saturated carbocycles. The van der Waals surface area contributed by atoms with Crippen LogP contribution in [0.2, 0.25) is 0 Å². The summed E-state index contributed by atoms with van der Waals surface area (Å²) in [7, 11) is 0. The van der Waals surface area contributed by atoms with Crippen LogP contribution in [0.5, 0.6) is 11.5 Å². The van der Waals surface area contributed by atoms with Gasteiger partial charge in [0.25, 0.3) is 0 Å². The molecule has 1 saturated heterocycles. The SMILES string of the molecule is Cc1cc(O)cc(OCC2CCCO2)c1. The van der Waals surface area contributed by atoms with Crippen LogP contribution in [-0.2, 0) is 4.74 Å². The standard InChI is InChI=1S/C12H16O3/c1-9-5-10(13)7-12(6-9)15-8-11-3-2-4-14-11/h5-7,11,13H,2-4,8H2,1H3. The molecule has 3 heteroatoms. The molecular weight excluding hydrogens is 192 g/mol. The Labute approximate surface area is 89.6 Å². The van der Waals surface area contributed by atoms with Crippen molar-refractivity contribution in [2.75, 3.05) is 13.2 Å². The molecule has 2 rings (SSSR count). The van der Waals surface area contributed by atoms with E-state index < -0.39 is 0 Å². The number of phenols is 1. The third-order valence-electron chi connectivity index (χ3n) is 2.50. The molecule has 15 heavy (non-hydrogen) atoms. The minimum absolute atomic E-state index is 0.215. The molecule has 3 nitrogen and oxygen atoms in total. The van der Waals surface area contributed by atoms with Gasteiger partial charge in [-0.1, -0.05) is 0 Å². The molecule has 82 valence electrons. The van der Waals surface area contributed by atoms with E-state index in [1.165, 1.54) is 0 Å². The van der Waals surface area contributed by atoms with Crippen molar-refractivity contribution in [3.05, 3.63) is 23.8 Å². The monoisotopic (exact) mass is 208 g/mol. The van der Waals surface area contributed by atoms with E-state index in [2.05, 4.69) is 0 Å². The molecule has 1 aliphatic heterocycles. The Morgan fingerprint density at radius 1 is 1.47 bits per heavy atom. The summed E-state index contributed by atoms with van der Waals surface area (Å²) in [5.74, 6) is 0.959. The van der Waals surface area contributed by atoms with Crippen molar-refractivity contribution < 1.29 is 14.6 Å². The first-order valence-electron chi connectivity index (χ1n) is 5.29. The number of aryl methyl sites for hydroxylation is 1. The Morgan fingerprint density at radius 3 is 3.00 bits per heavy atom. The fourth-order valence-electron chi connectivity index (χ4n) is 1.78. The first-order valence-corrected chi connectivity index (χ1v) is 5.29. The smallest absolute Gasteiger partial charge is 0.123 e. The van der Waals surface area contributed by atoms with E-state index in [4.69, 9.17) is 9.47 Å². The van der Waals surface area contributed by atoms with Gasteiger partial charge in [0, 0.05) is 12.7 Å². The predicted octanol–water partition coefficient (Wildman–Crippen LogP) is 2.26. The number of benzene rings is 1. The Bertz CT molecular complexity index is 309. The lowest BCUT2D eigenvalue weighted by atomic mass is 10.2. The average molecular weight is 208 g/mol. The predicted molar refractivity (Wildman–Crippen MR) is 57.3 cm³/mol. The van der Waals surface area contributed by atoms with Crippen LogP contribution in [0.15, 0.2) is 18.2 Å². The van der Waals surface area contributed by atoms with E-state index >= 15 is 0 Å². The highest BCUT2D eigenvalue weighted by atomic mass is 16.5. The highest BCUT2D eigenvalue weighted by molar-refractivity contribution is 5.36. The topological polar surface area (TPSA) is 38.7 Å². The summed E-state index contributed by atoms with van der Waals surface area (Å²) >= 11 is 0. The highest BCUT2D eigenvalue weighted by Gasteiger charge is 2.15. The number of hydrogen-bond acceptors (Lipinski definition) is 3. The lowest BCUT2D eigenvalue weighted by Crippen LogP contribution is -2.16. The van der Waals surface area contributed by atoms with Gasteiger partial charge in [-0.05, 0) is 37.5 Å². The number of rotatable bonds is 3. The van der Waals surface area contributed by atoms with Gasteiger partial charge >= 0.3 is 0 Å². The van der Waals surface area contributed by atoms with E-state index in [1.807, 2.05) is 13.0 Å². The Kier molecular flexibility index (Phi) is 3.11. The molecule has 1 aromatic rings. The van der Waals surface area contributed by atoms with Gasteiger partial charge in [0.1, 0.15) is 18.1 Å². The number of hydrogen-bond donors (Lipinski definition) is 1. The van der Waals surface area contributed by atoms with Gasteiger partial charge in [0.2, 0.25) is 0 Å². The highest BCUT2D eigenvalue weighted by Crippen LogP contribution is 2.22. The third-order valence-corrected chi connectivity index (χ3v) is 2.50. The second-order valence-corrected chi connectivity index (χ2v) is 3.95. The van der Waals surface area contributed by atoms with Crippen LogP contribution in [0.25, 0.3) is 0 Å². The maximum atomic E-state index is 9.37. The van der Waals surface area contributed by atoms with Crippen molar-refractivity contribution in [2.45, 2.75) is 25.9 Å². The summed E-state index contributed by atoms with van der Waals surface area (Å²) in [6.45, 7) is 3.34. The molecule has 1 aromatic carbocycles. The summed E-state index contributed by atoms with van der Waals surface area (Å²) in [6, 6.07) is 5.25. The van der Waals surface area contributed by atoms with Crippen LogP contribution >= 0.6 is 0 Å². The lowest BCUT2D eigenvalue weighted by molar-refractivity contribution is 0.0678. The van der Waals surface area contributed by atoms with Crippen LogP contribution in [0.1, 0.15) is 18.4 Å². The normalized spacial score (nSPS) is 20.5. The minimum Gasteiger partial charge on any atom is -0.508 e. The van der Waals surface area contributed by atoms with Gasteiger partial charge in [-0.15, -0.1) is 0 Å². The molecule has 0 aromatic heterocycles. The van der Waals surface area contributed by atoms with Crippen LogP contribution in [0, 0.1) is 6.92 Å². The van der Waals surface area contributed by atoms with E-state index in [1.54, 1.807) is 12.1 Å². The van der Waals surface area contributed by atoms with Gasteiger partial charge < -0.3 is 14.6 Å².